The van der Waals surface area contributed by atoms with Gasteiger partial charge in [-0.25, -0.2) is 13.2 Å². The van der Waals surface area contributed by atoms with Gasteiger partial charge in [-0.05, 0) is 36.6 Å². The maximum atomic E-state index is 12.4. The fourth-order valence-electron chi connectivity index (χ4n) is 2.48. The van der Waals surface area contributed by atoms with Crippen molar-refractivity contribution in [3.05, 3.63) is 41.5 Å². The van der Waals surface area contributed by atoms with Gasteiger partial charge in [0, 0.05) is 0 Å². The first-order chi connectivity index (χ1) is 10.5. The first-order valence-corrected chi connectivity index (χ1v) is 8.96. The Bertz CT molecular complexity index is 679. The highest BCUT2D eigenvalue weighted by atomic mass is 32.2. The number of rotatable bonds is 4. The maximum Gasteiger partial charge on any atom is 0.337 e. The number of allylic oxidation sites excluding steroid dienone is 1. The lowest BCUT2D eigenvalue weighted by atomic mass is 10.1. The number of ether oxygens (including phenoxy) is 1. The molecule has 2 rings (SSSR count). The summed E-state index contributed by atoms with van der Waals surface area (Å²) in [7, 11) is -2.06. The largest absolute Gasteiger partial charge is 0.465 e. The van der Waals surface area contributed by atoms with Crippen LogP contribution in [0.1, 0.15) is 35.7 Å². The van der Waals surface area contributed by atoms with Crippen LogP contribution in [0.5, 0.6) is 0 Å². The Morgan fingerprint density at radius 2 is 2.05 bits per heavy atom. The van der Waals surface area contributed by atoms with E-state index in [1.165, 1.54) is 11.4 Å². The van der Waals surface area contributed by atoms with E-state index < -0.39 is 16.0 Å². The van der Waals surface area contributed by atoms with Crippen LogP contribution < -0.4 is 4.31 Å². The van der Waals surface area contributed by atoms with E-state index in [1.54, 1.807) is 12.1 Å². The summed E-state index contributed by atoms with van der Waals surface area (Å²) in [6, 6.07) is 5.19. The molecule has 0 spiro atoms. The van der Waals surface area contributed by atoms with Gasteiger partial charge in [0.25, 0.3) is 0 Å². The van der Waals surface area contributed by atoms with Crippen LogP contribution >= 0.6 is 0 Å². The van der Waals surface area contributed by atoms with Crippen molar-refractivity contribution in [3.8, 4) is 0 Å². The molecular formula is C16H21NO4S. The van der Waals surface area contributed by atoms with Crippen LogP contribution in [-0.2, 0) is 21.2 Å². The Hall–Kier alpha value is -1.82. The van der Waals surface area contributed by atoms with Gasteiger partial charge in [-0.1, -0.05) is 25.5 Å². The van der Waals surface area contributed by atoms with Gasteiger partial charge in [0.05, 0.1) is 30.7 Å². The van der Waals surface area contributed by atoms with Crippen LogP contribution in [0.3, 0.4) is 0 Å². The number of carbonyl (C=O) groups excluding carboxylic acids is 1. The summed E-state index contributed by atoms with van der Waals surface area (Å²) in [5, 5.41) is 0. The van der Waals surface area contributed by atoms with Crippen molar-refractivity contribution in [2.75, 3.05) is 23.7 Å². The molecule has 0 aromatic heterocycles. The van der Waals surface area contributed by atoms with E-state index >= 15 is 0 Å². The number of aryl methyl sites for hydroxylation is 1. The number of benzene rings is 1. The van der Waals surface area contributed by atoms with Crippen molar-refractivity contribution >= 4 is 21.7 Å². The summed E-state index contributed by atoms with van der Waals surface area (Å²) in [5.41, 5.74) is 1.84. The minimum Gasteiger partial charge on any atom is -0.465 e. The minimum absolute atomic E-state index is 0.0784. The van der Waals surface area contributed by atoms with E-state index in [9.17, 15) is 13.2 Å². The third-order valence-corrected chi connectivity index (χ3v) is 5.32. The highest BCUT2D eigenvalue weighted by Crippen LogP contribution is 2.25. The molecule has 0 N–H and O–H groups in total. The lowest BCUT2D eigenvalue weighted by molar-refractivity contribution is 0.0600. The molecule has 1 heterocycles. The second-order valence-electron chi connectivity index (χ2n) is 5.24. The average molecular weight is 323 g/mol. The molecule has 1 aliphatic heterocycles. The Labute approximate surface area is 131 Å². The standard InChI is InChI=1S/C16H21NO4S/c1-3-7-13-10-14(16(18)21-2)12-15(11-13)17-8-5-4-6-9-22(17,19)20/h4-5,10-12H,3,6-9H2,1-2H3. The molecule has 1 aromatic carbocycles. The summed E-state index contributed by atoms with van der Waals surface area (Å²) >= 11 is 0. The fourth-order valence-corrected chi connectivity index (χ4v) is 3.88. The smallest absolute Gasteiger partial charge is 0.337 e. The number of esters is 1. The summed E-state index contributed by atoms with van der Waals surface area (Å²) < 4.78 is 30.9. The topological polar surface area (TPSA) is 63.7 Å². The fraction of sp³-hybridized carbons (Fsp3) is 0.438. The highest BCUT2D eigenvalue weighted by molar-refractivity contribution is 7.92. The lowest BCUT2D eigenvalue weighted by Crippen LogP contribution is -2.32. The maximum absolute atomic E-state index is 12.4. The Morgan fingerprint density at radius 1 is 1.27 bits per heavy atom. The molecule has 120 valence electrons. The van der Waals surface area contributed by atoms with Gasteiger partial charge in [0.1, 0.15) is 0 Å². The first kappa shape index (κ1) is 16.5. The van der Waals surface area contributed by atoms with E-state index in [1.807, 2.05) is 25.1 Å². The van der Waals surface area contributed by atoms with Gasteiger partial charge < -0.3 is 4.74 Å². The SMILES string of the molecule is CCCc1cc(C(=O)OC)cc(N2CC=CCCS2(=O)=O)c1. The van der Waals surface area contributed by atoms with Crippen LogP contribution in [-0.4, -0.2) is 33.8 Å². The quantitative estimate of drug-likeness (QED) is 0.631. The molecular weight excluding hydrogens is 302 g/mol. The summed E-state index contributed by atoms with van der Waals surface area (Å²) in [4.78, 5) is 11.8. The minimum atomic E-state index is -3.38. The molecule has 0 aliphatic carbocycles. The van der Waals surface area contributed by atoms with Crippen molar-refractivity contribution in [2.24, 2.45) is 0 Å². The predicted molar refractivity (Wildman–Crippen MR) is 86.7 cm³/mol. The van der Waals surface area contributed by atoms with Crippen LogP contribution in [0.2, 0.25) is 0 Å². The van der Waals surface area contributed by atoms with Gasteiger partial charge >= 0.3 is 5.97 Å². The Morgan fingerprint density at radius 3 is 2.73 bits per heavy atom. The molecule has 0 saturated heterocycles. The van der Waals surface area contributed by atoms with E-state index in [2.05, 4.69) is 0 Å². The number of anilines is 1. The zero-order valence-corrected chi connectivity index (χ0v) is 13.7. The predicted octanol–water partition coefficient (Wildman–Crippen LogP) is 2.52. The highest BCUT2D eigenvalue weighted by Gasteiger charge is 2.24. The Kier molecular flexibility index (Phi) is 5.24. The number of carbonyl (C=O) groups is 1. The molecule has 6 heteroatoms. The summed E-state index contributed by atoms with van der Waals surface area (Å²) in [6.45, 7) is 2.33. The second-order valence-corrected chi connectivity index (χ2v) is 7.25. The molecule has 0 radical (unpaired) electrons. The van der Waals surface area contributed by atoms with Crippen LogP contribution in [0.4, 0.5) is 5.69 Å². The second kappa shape index (κ2) is 6.96. The normalized spacial score (nSPS) is 17.1. The van der Waals surface area contributed by atoms with Gasteiger partial charge in [-0.3, -0.25) is 4.31 Å². The molecule has 22 heavy (non-hydrogen) atoms. The van der Waals surface area contributed by atoms with Crippen LogP contribution in [0.15, 0.2) is 30.4 Å². The van der Waals surface area contributed by atoms with Crippen molar-refractivity contribution in [3.63, 3.8) is 0 Å². The number of sulfonamides is 1. The van der Waals surface area contributed by atoms with Gasteiger partial charge in [0.15, 0.2) is 0 Å². The third-order valence-electron chi connectivity index (χ3n) is 3.54. The van der Waals surface area contributed by atoms with E-state index in [-0.39, 0.29) is 5.75 Å². The molecule has 5 nitrogen and oxygen atoms in total. The molecule has 1 aliphatic rings. The van der Waals surface area contributed by atoms with Gasteiger partial charge in [-0.15, -0.1) is 0 Å². The van der Waals surface area contributed by atoms with Crippen molar-refractivity contribution < 1.29 is 17.9 Å². The molecule has 0 fully saturated rings. The van der Waals surface area contributed by atoms with Crippen molar-refractivity contribution in [1.29, 1.82) is 0 Å². The van der Waals surface area contributed by atoms with Gasteiger partial charge in [0.2, 0.25) is 10.0 Å². The van der Waals surface area contributed by atoms with Gasteiger partial charge in [-0.2, -0.15) is 0 Å². The zero-order chi connectivity index (χ0) is 16.2. The molecule has 0 unspecified atom stereocenters. The monoisotopic (exact) mass is 323 g/mol. The number of methoxy groups -OCH3 is 1. The molecule has 0 saturated carbocycles. The molecule has 0 bridgehead atoms. The zero-order valence-electron chi connectivity index (χ0n) is 12.9. The summed E-state index contributed by atoms with van der Waals surface area (Å²) in [6.07, 6.45) is 5.92. The summed E-state index contributed by atoms with van der Waals surface area (Å²) in [5.74, 6) is -0.378. The molecule has 0 amide bonds. The molecule has 1 aromatic rings. The number of hydrogen-bond donors (Lipinski definition) is 0. The van der Waals surface area contributed by atoms with E-state index in [0.717, 1.165) is 18.4 Å². The number of hydrogen-bond acceptors (Lipinski definition) is 4. The number of nitrogens with zero attached hydrogens (tertiary/aromatic N) is 1. The van der Waals surface area contributed by atoms with Crippen molar-refractivity contribution in [1.82, 2.24) is 0 Å². The van der Waals surface area contributed by atoms with E-state index in [0.29, 0.717) is 24.2 Å². The van der Waals surface area contributed by atoms with Crippen LogP contribution in [0, 0.1) is 0 Å². The first-order valence-electron chi connectivity index (χ1n) is 7.35. The van der Waals surface area contributed by atoms with Crippen molar-refractivity contribution in [2.45, 2.75) is 26.2 Å². The third kappa shape index (κ3) is 3.68. The van der Waals surface area contributed by atoms with E-state index in [4.69, 9.17) is 4.74 Å². The van der Waals surface area contributed by atoms with Crippen LogP contribution in [0.25, 0.3) is 0 Å². The average Bonchev–Trinajstić information content (AvgIpc) is 2.67. The molecule has 0 atom stereocenters. The Balaban J connectivity index is 2.50. The lowest BCUT2D eigenvalue weighted by Gasteiger charge is -2.23.